The van der Waals surface area contributed by atoms with Gasteiger partial charge in [0.05, 0.1) is 16.4 Å². The molecule has 1 fully saturated rings. The van der Waals surface area contributed by atoms with Gasteiger partial charge in [-0.2, -0.15) is 28.6 Å². The van der Waals surface area contributed by atoms with E-state index in [0.29, 0.717) is 10.5 Å². The Morgan fingerprint density at radius 1 is 1.45 bits per heavy atom. The molecule has 0 bridgehead atoms. The molecular weight excluding hydrogens is 310 g/mol. The lowest BCUT2D eigenvalue weighted by Crippen LogP contribution is -2.41. The summed E-state index contributed by atoms with van der Waals surface area (Å²) in [5, 5.41) is 7.16. The zero-order valence-corrected chi connectivity index (χ0v) is 15.0. The van der Waals surface area contributed by atoms with E-state index < -0.39 is 0 Å². The van der Waals surface area contributed by atoms with E-state index in [2.05, 4.69) is 25.9 Å². The third-order valence-corrected chi connectivity index (χ3v) is 7.99. The Balaban J connectivity index is 2.04. The van der Waals surface area contributed by atoms with E-state index in [-0.39, 0.29) is 6.04 Å². The van der Waals surface area contributed by atoms with Gasteiger partial charge in [0.1, 0.15) is 0 Å². The van der Waals surface area contributed by atoms with Crippen LogP contribution in [0.25, 0.3) is 0 Å². The second-order valence-corrected chi connectivity index (χ2v) is 8.88. The van der Waals surface area contributed by atoms with Gasteiger partial charge in [0, 0.05) is 41.0 Å². The summed E-state index contributed by atoms with van der Waals surface area (Å²) < 4.78 is 1.90. The van der Waals surface area contributed by atoms with Gasteiger partial charge in [0.2, 0.25) is 0 Å². The van der Waals surface area contributed by atoms with Crippen molar-refractivity contribution in [2.24, 2.45) is 12.8 Å². The van der Waals surface area contributed by atoms with Gasteiger partial charge in [0.25, 0.3) is 0 Å². The zero-order valence-electron chi connectivity index (χ0n) is 12.6. The van der Waals surface area contributed by atoms with Crippen molar-refractivity contribution in [3.05, 3.63) is 16.4 Å². The van der Waals surface area contributed by atoms with E-state index in [4.69, 9.17) is 17.3 Å². The highest BCUT2D eigenvalue weighted by Crippen LogP contribution is 2.37. The number of hydrogen-bond acceptors (Lipinski definition) is 4. The molecule has 0 aromatic carbocycles. The average molecular weight is 334 g/mol. The Hall–Kier alpha value is 0.160. The molecule has 0 amide bonds. The molecular formula is C14H24ClN3S2. The largest absolute Gasteiger partial charge is 0.326 e. The fourth-order valence-electron chi connectivity index (χ4n) is 2.43. The summed E-state index contributed by atoms with van der Waals surface area (Å²) >= 11 is 10.5. The van der Waals surface area contributed by atoms with E-state index in [1.165, 1.54) is 0 Å². The molecule has 20 heavy (non-hydrogen) atoms. The summed E-state index contributed by atoms with van der Waals surface area (Å²) in [6.07, 6.45) is 1.67. The van der Waals surface area contributed by atoms with Gasteiger partial charge >= 0.3 is 0 Å². The first kappa shape index (κ1) is 16.5. The SMILES string of the molecule is CCc1nn(C)c(CC(N)C2CSC(C)C(C)S2)c1Cl. The molecule has 0 aliphatic carbocycles. The Morgan fingerprint density at radius 3 is 2.70 bits per heavy atom. The van der Waals surface area contributed by atoms with E-state index in [0.717, 1.165) is 40.3 Å². The molecule has 0 saturated carbocycles. The molecule has 1 aromatic heterocycles. The molecule has 1 aromatic rings. The van der Waals surface area contributed by atoms with Crippen molar-refractivity contribution < 1.29 is 0 Å². The van der Waals surface area contributed by atoms with Crippen LogP contribution < -0.4 is 5.73 Å². The molecule has 6 heteroatoms. The molecule has 2 N–H and O–H groups in total. The van der Waals surface area contributed by atoms with Gasteiger partial charge in [-0.3, -0.25) is 4.68 Å². The number of thioether (sulfide) groups is 2. The molecule has 1 aliphatic heterocycles. The molecule has 4 unspecified atom stereocenters. The predicted molar refractivity (Wildman–Crippen MR) is 92.0 cm³/mol. The maximum Gasteiger partial charge on any atom is 0.0850 e. The Morgan fingerprint density at radius 2 is 2.15 bits per heavy atom. The standard InChI is InChI=1S/C14H24ClN3S2/c1-5-11-14(15)12(18(4)17-11)6-10(16)13-7-19-8(2)9(3)20-13/h8-10,13H,5-7,16H2,1-4H3. The van der Waals surface area contributed by atoms with Crippen LogP contribution in [0.4, 0.5) is 0 Å². The summed E-state index contributed by atoms with van der Waals surface area (Å²) in [6, 6.07) is 0.139. The molecule has 2 heterocycles. The van der Waals surface area contributed by atoms with Crippen LogP contribution in [0.5, 0.6) is 0 Å². The number of aromatic nitrogens is 2. The third-order valence-electron chi connectivity index (χ3n) is 3.98. The van der Waals surface area contributed by atoms with Crippen molar-refractivity contribution in [3.63, 3.8) is 0 Å². The van der Waals surface area contributed by atoms with Crippen LogP contribution in [-0.2, 0) is 19.9 Å². The molecule has 2 rings (SSSR count). The fourth-order valence-corrected chi connectivity index (χ4v) is 5.86. The Labute approximate surface area is 135 Å². The maximum atomic E-state index is 6.44. The second-order valence-electron chi connectivity index (χ2n) is 5.47. The van der Waals surface area contributed by atoms with Gasteiger partial charge in [-0.15, -0.1) is 0 Å². The summed E-state index contributed by atoms with van der Waals surface area (Å²) in [6.45, 7) is 6.68. The number of halogens is 1. The number of aryl methyl sites for hydroxylation is 2. The van der Waals surface area contributed by atoms with Crippen LogP contribution in [0.3, 0.4) is 0 Å². The van der Waals surface area contributed by atoms with Crippen LogP contribution in [-0.4, -0.2) is 37.3 Å². The molecule has 4 atom stereocenters. The number of nitrogens with two attached hydrogens (primary N) is 1. The molecule has 0 spiro atoms. The zero-order chi connectivity index (χ0) is 14.9. The van der Waals surface area contributed by atoms with E-state index in [1.807, 2.05) is 35.3 Å². The Bertz CT molecular complexity index is 464. The summed E-state index contributed by atoms with van der Waals surface area (Å²) in [4.78, 5) is 0. The minimum atomic E-state index is 0.139. The highest BCUT2D eigenvalue weighted by atomic mass is 35.5. The van der Waals surface area contributed by atoms with Crippen molar-refractivity contribution in [1.29, 1.82) is 0 Å². The van der Waals surface area contributed by atoms with Gasteiger partial charge in [-0.05, 0) is 6.42 Å². The van der Waals surface area contributed by atoms with Crippen molar-refractivity contribution >= 4 is 35.1 Å². The smallest absolute Gasteiger partial charge is 0.0850 e. The lowest BCUT2D eigenvalue weighted by molar-refractivity contribution is 0.608. The van der Waals surface area contributed by atoms with Crippen LogP contribution in [0.2, 0.25) is 5.02 Å². The quantitative estimate of drug-likeness (QED) is 0.919. The monoisotopic (exact) mass is 333 g/mol. The van der Waals surface area contributed by atoms with E-state index in [1.54, 1.807) is 0 Å². The average Bonchev–Trinajstić information content (AvgIpc) is 2.69. The van der Waals surface area contributed by atoms with E-state index >= 15 is 0 Å². The minimum Gasteiger partial charge on any atom is -0.326 e. The maximum absolute atomic E-state index is 6.44. The van der Waals surface area contributed by atoms with Gasteiger partial charge in [-0.25, -0.2) is 0 Å². The topological polar surface area (TPSA) is 43.8 Å². The van der Waals surface area contributed by atoms with Gasteiger partial charge in [0.15, 0.2) is 0 Å². The van der Waals surface area contributed by atoms with Gasteiger partial charge in [-0.1, -0.05) is 32.4 Å². The van der Waals surface area contributed by atoms with Crippen LogP contribution in [0, 0.1) is 0 Å². The fraction of sp³-hybridized carbons (Fsp3) is 0.786. The van der Waals surface area contributed by atoms with Crippen LogP contribution >= 0.6 is 35.1 Å². The summed E-state index contributed by atoms with van der Waals surface area (Å²) in [7, 11) is 1.96. The number of nitrogens with zero attached hydrogens (tertiary/aromatic N) is 2. The van der Waals surface area contributed by atoms with Crippen molar-refractivity contribution in [3.8, 4) is 0 Å². The Kier molecular flexibility index (Phi) is 5.74. The predicted octanol–water partition coefficient (Wildman–Crippen LogP) is 3.13. The normalized spacial score (nSPS) is 28.6. The molecule has 1 saturated heterocycles. The minimum absolute atomic E-state index is 0.139. The van der Waals surface area contributed by atoms with Gasteiger partial charge < -0.3 is 5.73 Å². The van der Waals surface area contributed by atoms with E-state index in [9.17, 15) is 0 Å². The van der Waals surface area contributed by atoms with Crippen LogP contribution in [0.15, 0.2) is 0 Å². The summed E-state index contributed by atoms with van der Waals surface area (Å²) in [5.41, 5.74) is 8.50. The second kappa shape index (κ2) is 6.95. The lowest BCUT2D eigenvalue weighted by Gasteiger charge is -2.34. The van der Waals surface area contributed by atoms with Crippen LogP contribution in [0.1, 0.15) is 32.2 Å². The lowest BCUT2D eigenvalue weighted by atomic mass is 10.1. The first-order valence-corrected chi connectivity index (χ1v) is 9.53. The third kappa shape index (κ3) is 3.49. The highest BCUT2D eigenvalue weighted by molar-refractivity contribution is 8.07. The molecule has 1 aliphatic rings. The number of hydrogen-bond donors (Lipinski definition) is 1. The molecule has 3 nitrogen and oxygen atoms in total. The molecule has 114 valence electrons. The van der Waals surface area contributed by atoms with Crippen molar-refractivity contribution in [2.45, 2.75) is 55.4 Å². The van der Waals surface area contributed by atoms with Crippen molar-refractivity contribution in [2.75, 3.05) is 5.75 Å². The highest BCUT2D eigenvalue weighted by Gasteiger charge is 2.30. The van der Waals surface area contributed by atoms with Crippen molar-refractivity contribution in [1.82, 2.24) is 9.78 Å². The number of rotatable bonds is 4. The first-order valence-electron chi connectivity index (χ1n) is 7.16. The molecule has 0 radical (unpaired) electrons. The summed E-state index contributed by atoms with van der Waals surface area (Å²) in [5.74, 6) is 1.13. The first-order chi connectivity index (χ1) is 9.43.